The Balaban J connectivity index is 2.17. The molecule has 0 radical (unpaired) electrons. The fourth-order valence-electron chi connectivity index (χ4n) is 2.52. The van der Waals surface area contributed by atoms with Crippen LogP contribution in [-0.4, -0.2) is 37.6 Å². The number of piperidine rings is 1. The summed E-state index contributed by atoms with van der Waals surface area (Å²) in [5, 5.41) is 0. The number of ether oxygens (including phenoxy) is 1. The highest BCUT2D eigenvalue weighted by atomic mass is 16.5. The van der Waals surface area contributed by atoms with Crippen LogP contribution in [0.1, 0.15) is 33.1 Å². The van der Waals surface area contributed by atoms with Gasteiger partial charge in [0.05, 0.1) is 7.11 Å². The van der Waals surface area contributed by atoms with Gasteiger partial charge in [0.1, 0.15) is 0 Å². The molecule has 88 valence electrons. The van der Waals surface area contributed by atoms with Crippen LogP contribution in [0.25, 0.3) is 0 Å². The van der Waals surface area contributed by atoms with E-state index in [4.69, 9.17) is 0 Å². The molecule has 15 heavy (non-hydrogen) atoms. The van der Waals surface area contributed by atoms with Crippen molar-refractivity contribution in [3.8, 4) is 0 Å². The first-order valence-corrected chi connectivity index (χ1v) is 5.91. The van der Waals surface area contributed by atoms with Crippen molar-refractivity contribution in [3.63, 3.8) is 0 Å². The Bertz CT molecular complexity index is 196. The maximum absolute atomic E-state index is 10.9. The molecule has 0 unspecified atom stereocenters. The van der Waals surface area contributed by atoms with Crippen molar-refractivity contribution in [2.45, 2.75) is 33.1 Å². The molecule has 1 fully saturated rings. The van der Waals surface area contributed by atoms with Crippen LogP contribution >= 0.6 is 0 Å². The third kappa shape index (κ3) is 4.65. The molecule has 2 atom stereocenters. The highest BCUT2D eigenvalue weighted by Crippen LogP contribution is 2.20. The molecule has 0 aliphatic carbocycles. The van der Waals surface area contributed by atoms with Crippen LogP contribution in [0, 0.1) is 11.8 Å². The van der Waals surface area contributed by atoms with Crippen molar-refractivity contribution in [1.29, 1.82) is 0 Å². The molecule has 1 rings (SSSR count). The van der Waals surface area contributed by atoms with Crippen molar-refractivity contribution in [3.05, 3.63) is 0 Å². The predicted molar refractivity (Wildman–Crippen MR) is 60.6 cm³/mol. The fourth-order valence-corrected chi connectivity index (χ4v) is 2.52. The number of likely N-dealkylation sites (tertiary alicyclic amines) is 1. The van der Waals surface area contributed by atoms with Crippen LogP contribution in [0.4, 0.5) is 0 Å². The minimum absolute atomic E-state index is 0.0897. The van der Waals surface area contributed by atoms with E-state index >= 15 is 0 Å². The largest absolute Gasteiger partial charge is 0.469 e. The molecule has 0 spiro atoms. The molecular weight excluding hydrogens is 190 g/mol. The standard InChI is InChI=1S/C12H23NO2/c1-10-7-11(2)9-13(8-10)6-4-5-12(14)15-3/h10-11H,4-9H2,1-3H3/t10-,11-/m1/s1. The molecule has 3 heteroatoms. The molecule has 0 aromatic carbocycles. The van der Waals surface area contributed by atoms with E-state index in [1.165, 1.54) is 26.6 Å². The molecule has 0 aromatic heterocycles. The number of nitrogens with zero attached hydrogens (tertiary/aromatic N) is 1. The van der Waals surface area contributed by atoms with Gasteiger partial charge in [-0.2, -0.15) is 0 Å². The van der Waals surface area contributed by atoms with Gasteiger partial charge in [-0.25, -0.2) is 0 Å². The van der Waals surface area contributed by atoms with Crippen molar-refractivity contribution in [2.75, 3.05) is 26.7 Å². The lowest BCUT2D eigenvalue weighted by atomic mass is 9.92. The summed E-state index contributed by atoms with van der Waals surface area (Å²) in [6.45, 7) is 8.02. The summed E-state index contributed by atoms with van der Waals surface area (Å²) in [4.78, 5) is 13.4. The molecule has 0 saturated carbocycles. The van der Waals surface area contributed by atoms with E-state index in [0.717, 1.165) is 24.8 Å². The van der Waals surface area contributed by atoms with Gasteiger partial charge in [-0.3, -0.25) is 4.79 Å². The first-order valence-electron chi connectivity index (χ1n) is 5.91. The number of rotatable bonds is 4. The summed E-state index contributed by atoms with van der Waals surface area (Å²) in [6.07, 6.45) is 2.81. The topological polar surface area (TPSA) is 29.5 Å². The van der Waals surface area contributed by atoms with E-state index in [1.807, 2.05) is 0 Å². The molecule has 0 amide bonds. The highest BCUT2D eigenvalue weighted by molar-refractivity contribution is 5.69. The predicted octanol–water partition coefficient (Wildman–Crippen LogP) is 1.92. The maximum atomic E-state index is 10.9. The normalized spacial score (nSPS) is 27.7. The van der Waals surface area contributed by atoms with E-state index in [0.29, 0.717) is 6.42 Å². The van der Waals surface area contributed by atoms with Crippen LogP contribution in [0.3, 0.4) is 0 Å². The zero-order chi connectivity index (χ0) is 11.3. The Morgan fingerprint density at radius 2 is 1.93 bits per heavy atom. The summed E-state index contributed by atoms with van der Waals surface area (Å²) in [6, 6.07) is 0. The van der Waals surface area contributed by atoms with Gasteiger partial charge in [0.25, 0.3) is 0 Å². The number of hydrogen-bond acceptors (Lipinski definition) is 3. The van der Waals surface area contributed by atoms with Gasteiger partial charge in [0.15, 0.2) is 0 Å². The molecular formula is C12H23NO2. The van der Waals surface area contributed by atoms with Gasteiger partial charge in [-0.05, 0) is 31.2 Å². The minimum Gasteiger partial charge on any atom is -0.469 e. The summed E-state index contributed by atoms with van der Waals surface area (Å²) < 4.78 is 4.62. The summed E-state index contributed by atoms with van der Waals surface area (Å²) >= 11 is 0. The van der Waals surface area contributed by atoms with Gasteiger partial charge >= 0.3 is 5.97 Å². The second-order valence-electron chi connectivity index (χ2n) is 4.89. The van der Waals surface area contributed by atoms with Gasteiger partial charge in [-0.1, -0.05) is 13.8 Å². The van der Waals surface area contributed by atoms with Gasteiger partial charge < -0.3 is 9.64 Å². The lowest BCUT2D eigenvalue weighted by molar-refractivity contribution is -0.140. The fraction of sp³-hybridized carbons (Fsp3) is 0.917. The zero-order valence-electron chi connectivity index (χ0n) is 10.2. The molecule has 1 aliphatic heterocycles. The third-order valence-corrected chi connectivity index (χ3v) is 3.03. The molecule has 0 aromatic rings. The van der Waals surface area contributed by atoms with Gasteiger partial charge in [-0.15, -0.1) is 0 Å². The van der Waals surface area contributed by atoms with Crippen molar-refractivity contribution in [1.82, 2.24) is 4.90 Å². The third-order valence-electron chi connectivity index (χ3n) is 3.03. The summed E-state index contributed by atoms with van der Waals surface area (Å²) in [7, 11) is 1.45. The number of hydrogen-bond donors (Lipinski definition) is 0. The van der Waals surface area contributed by atoms with Crippen LogP contribution in [0.15, 0.2) is 0 Å². The Morgan fingerprint density at radius 1 is 1.33 bits per heavy atom. The lowest BCUT2D eigenvalue weighted by Gasteiger charge is -2.34. The molecule has 0 bridgehead atoms. The smallest absolute Gasteiger partial charge is 0.305 e. The second-order valence-corrected chi connectivity index (χ2v) is 4.89. The van der Waals surface area contributed by atoms with Gasteiger partial charge in [0, 0.05) is 19.5 Å². The van der Waals surface area contributed by atoms with Crippen LogP contribution in [-0.2, 0) is 9.53 Å². The minimum atomic E-state index is -0.0897. The number of carbonyl (C=O) groups is 1. The van der Waals surface area contributed by atoms with Crippen molar-refractivity contribution < 1.29 is 9.53 Å². The Morgan fingerprint density at radius 3 is 2.47 bits per heavy atom. The summed E-state index contributed by atoms with van der Waals surface area (Å²) in [5.74, 6) is 1.51. The van der Waals surface area contributed by atoms with E-state index in [9.17, 15) is 4.79 Å². The van der Waals surface area contributed by atoms with E-state index in [2.05, 4.69) is 23.5 Å². The van der Waals surface area contributed by atoms with Gasteiger partial charge in [0.2, 0.25) is 0 Å². The lowest BCUT2D eigenvalue weighted by Crippen LogP contribution is -2.39. The summed E-state index contributed by atoms with van der Waals surface area (Å²) in [5.41, 5.74) is 0. The monoisotopic (exact) mass is 213 g/mol. The number of methoxy groups -OCH3 is 1. The highest BCUT2D eigenvalue weighted by Gasteiger charge is 2.21. The molecule has 3 nitrogen and oxygen atoms in total. The quantitative estimate of drug-likeness (QED) is 0.668. The number of esters is 1. The molecule has 1 saturated heterocycles. The average molecular weight is 213 g/mol. The maximum Gasteiger partial charge on any atom is 0.305 e. The van der Waals surface area contributed by atoms with Crippen LogP contribution in [0.5, 0.6) is 0 Å². The Hall–Kier alpha value is -0.570. The average Bonchev–Trinajstić information content (AvgIpc) is 2.16. The molecule has 0 N–H and O–H groups in total. The second kappa shape index (κ2) is 6.11. The van der Waals surface area contributed by atoms with E-state index in [1.54, 1.807) is 0 Å². The van der Waals surface area contributed by atoms with Crippen LogP contribution in [0.2, 0.25) is 0 Å². The Kier molecular flexibility index (Phi) is 5.09. The first-order chi connectivity index (χ1) is 7.11. The molecule has 1 aliphatic rings. The zero-order valence-corrected chi connectivity index (χ0v) is 10.2. The van der Waals surface area contributed by atoms with Crippen molar-refractivity contribution >= 4 is 5.97 Å². The molecule has 1 heterocycles. The van der Waals surface area contributed by atoms with Crippen LogP contribution < -0.4 is 0 Å². The van der Waals surface area contributed by atoms with Crippen molar-refractivity contribution in [2.24, 2.45) is 11.8 Å². The Labute approximate surface area is 92.8 Å². The van der Waals surface area contributed by atoms with E-state index in [-0.39, 0.29) is 5.97 Å². The SMILES string of the molecule is COC(=O)CCCN1C[C@H](C)C[C@@H](C)C1. The first kappa shape index (κ1) is 12.5. The van der Waals surface area contributed by atoms with E-state index < -0.39 is 0 Å². The number of carbonyl (C=O) groups excluding carboxylic acids is 1.